The van der Waals surface area contributed by atoms with E-state index in [1.165, 1.54) is 12.1 Å². The standard InChI is InChI=1S/C24H26F3N3/c1-16(2)23-29-13-3-15-30(23)22-20(17-8-11-24(26,27)12-9-17)10-14-28-21(22)18-4-6-19(25)7-5-18/h3-7,10,13-17,23H,8-9,11-12H2,1-2H3. The van der Waals surface area contributed by atoms with Crippen molar-refractivity contribution >= 4 is 11.9 Å². The molecule has 1 fully saturated rings. The van der Waals surface area contributed by atoms with Gasteiger partial charge >= 0.3 is 0 Å². The van der Waals surface area contributed by atoms with Crippen molar-refractivity contribution in [3.05, 3.63) is 60.2 Å². The van der Waals surface area contributed by atoms with Crippen LogP contribution in [0.1, 0.15) is 51.0 Å². The number of anilines is 1. The predicted octanol–water partition coefficient (Wildman–Crippen LogP) is 6.57. The van der Waals surface area contributed by atoms with Crippen LogP contribution in [0.25, 0.3) is 11.3 Å². The normalized spacial score (nSPS) is 21.4. The summed E-state index contributed by atoms with van der Waals surface area (Å²) in [7, 11) is 0. The van der Waals surface area contributed by atoms with Crippen molar-refractivity contribution in [2.24, 2.45) is 10.9 Å². The SMILES string of the molecule is CC(C)C1N=CC=CN1c1c(C2CCC(F)(F)CC2)ccnc1-c1ccc(F)cc1. The van der Waals surface area contributed by atoms with Gasteiger partial charge in [0.05, 0.1) is 11.4 Å². The number of benzene rings is 1. The fourth-order valence-corrected chi connectivity index (χ4v) is 4.37. The van der Waals surface area contributed by atoms with E-state index in [-0.39, 0.29) is 36.7 Å². The number of nitrogens with zero attached hydrogens (tertiary/aromatic N) is 3. The summed E-state index contributed by atoms with van der Waals surface area (Å²) in [6.45, 7) is 4.20. The van der Waals surface area contributed by atoms with Crippen molar-refractivity contribution < 1.29 is 13.2 Å². The van der Waals surface area contributed by atoms with E-state index in [2.05, 4.69) is 28.7 Å². The third-order valence-electron chi connectivity index (χ3n) is 5.94. The van der Waals surface area contributed by atoms with Crippen LogP contribution in [0.5, 0.6) is 0 Å². The maximum absolute atomic E-state index is 13.8. The van der Waals surface area contributed by atoms with Crippen LogP contribution in [0.2, 0.25) is 0 Å². The summed E-state index contributed by atoms with van der Waals surface area (Å²) < 4.78 is 41.2. The fourth-order valence-electron chi connectivity index (χ4n) is 4.37. The van der Waals surface area contributed by atoms with E-state index < -0.39 is 5.92 Å². The Kier molecular flexibility index (Phi) is 5.67. The Bertz CT molecular complexity index is 941. The molecule has 6 heteroatoms. The quantitative estimate of drug-likeness (QED) is 0.567. The van der Waals surface area contributed by atoms with Crippen molar-refractivity contribution in [1.29, 1.82) is 0 Å². The van der Waals surface area contributed by atoms with Crippen molar-refractivity contribution in [2.45, 2.75) is 57.5 Å². The lowest BCUT2D eigenvalue weighted by atomic mass is 9.81. The molecule has 1 unspecified atom stereocenters. The zero-order valence-corrected chi connectivity index (χ0v) is 17.2. The van der Waals surface area contributed by atoms with Gasteiger partial charge in [-0.1, -0.05) is 13.8 Å². The highest BCUT2D eigenvalue weighted by atomic mass is 19.3. The van der Waals surface area contributed by atoms with Gasteiger partial charge in [0.1, 0.15) is 12.0 Å². The Hall–Kier alpha value is -2.63. The average Bonchev–Trinajstić information content (AvgIpc) is 2.74. The third kappa shape index (κ3) is 4.13. The molecule has 158 valence electrons. The lowest BCUT2D eigenvalue weighted by Crippen LogP contribution is -2.37. The minimum atomic E-state index is -2.58. The Morgan fingerprint density at radius 3 is 2.43 bits per heavy atom. The Balaban J connectivity index is 1.84. The third-order valence-corrected chi connectivity index (χ3v) is 5.94. The molecule has 2 aliphatic rings. The minimum Gasteiger partial charge on any atom is -0.323 e. The van der Waals surface area contributed by atoms with Crippen LogP contribution >= 0.6 is 0 Å². The number of alkyl halides is 2. The fraction of sp³-hybridized carbons (Fsp3) is 0.417. The number of rotatable bonds is 4. The van der Waals surface area contributed by atoms with E-state index in [0.717, 1.165) is 22.5 Å². The monoisotopic (exact) mass is 413 g/mol. The molecule has 0 amide bonds. The molecule has 2 aromatic rings. The molecule has 1 aliphatic carbocycles. The summed E-state index contributed by atoms with van der Waals surface area (Å²) in [5, 5.41) is 0. The van der Waals surface area contributed by atoms with Gasteiger partial charge in [-0.05, 0) is 66.6 Å². The highest BCUT2D eigenvalue weighted by Crippen LogP contribution is 2.46. The molecule has 4 rings (SSSR count). The predicted molar refractivity (Wildman–Crippen MR) is 115 cm³/mol. The van der Waals surface area contributed by atoms with Gasteiger partial charge < -0.3 is 4.90 Å². The Morgan fingerprint density at radius 2 is 1.77 bits per heavy atom. The maximum atomic E-state index is 13.8. The van der Waals surface area contributed by atoms with Crippen LogP contribution in [-0.2, 0) is 0 Å². The van der Waals surface area contributed by atoms with Gasteiger partial charge in [0, 0.05) is 37.0 Å². The van der Waals surface area contributed by atoms with Crippen LogP contribution < -0.4 is 4.90 Å². The van der Waals surface area contributed by atoms with Gasteiger partial charge in [0.25, 0.3) is 0 Å². The Labute approximate surface area is 175 Å². The number of hydrogen-bond donors (Lipinski definition) is 0. The van der Waals surface area contributed by atoms with Crippen molar-refractivity contribution in [1.82, 2.24) is 4.98 Å². The van der Waals surface area contributed by atoms with Gasteiger partial charge in [-0.15, -0.1) is 0 Å². The van der Waals surface area contributed by atoms with Gasteiger partial charge in [0.15, 0.2) is 0 Å². The zero-order valence-electron chi connectivity index (χ0n) is 17.2. The molecule has 2 heterocycles. The van der Waals surface area contributed by atoms with E-state index in [0.29, 0.717) is 12.8 Å². The second-order valence-corrected chi connectivity index (χ2v) is 8.44. The van der Waals surface area contributed by atoms with E-state index >= 15 is 0 Å². The summed E-state index contributed by atoms with van der Waals surface area (Å²) in [6, 6.07) is 8.19. The zero-order chi connectivity index (χ0) is 21.3. The highest BCUT2D eigenvalue weighted by molar-refractivity contribution is 5.82. The number of allylic oxidation sites excluding steroid dienone is 1. The van der Waals surface area contributed by atoms with E-state index in [4.69, 9.17) is 0 Å². The van der Waals surface area contributed by atoms with Crippen LogP contribution in [0, 0.1) is 11.7 Å². The maximum Gasteiger partial charge on any atom is 0.248 e. The van der Waals surface area contributed by atoms with Crippen LogP contribution in [0.3, 0.4) is 0 Å². The summed E-state index contributed by atoms with van der Waals surface area (Å²) in [5.41, 5.74) is 3.40. The first-order valence-electron chi connectivity index (χ1n) is 10.5. The van der Waals surface area contributed by atoms with Gasteiger partial charge in [0.2, 0.25) is 5.92 Å². The summed E-state index contributed by atoms with van der Waals surface area (Å²) >= 11 is 0. The van der Waals surface area contributed by atoms with E-state index in [9.17, 15) is 13.2 Å². The summed E-state index contributed by atoms with van der Waals surface area (Å²) in [4.78, 5) is 11.4. The number of aromatic nitrogens is 1. The van der Waals surface area contributed by atoms with Crippen LogP contribution in [0.4, 0.5) is 18.9 Å². The molecular weight excluding hydrogens is 387 g/mol. The number of pyridine rings is 1. The largest absolute Gasteiger partial charge is 0.323 e. The molecule has 1 saturated carbocycles. The molecule has 0 saturated heterocycles. The molecule has 0 spiro atoms. The average molecular weight is 413 g/mol. The first-order valence-corrected chi connectivity index (χ1v) is 10.5. The van der Waals surface area contributed by atoms with Gasteiger partial charge in [-0.2, -0.15) is 0 Å². The number of hydrogen-bond acceptors (Lipinski definition) is 3. The molecule has 1 aromatic carbocycles. The van der Waals surface area contributed by atoms with Gasteiger partial charge in [-0.3, -0.25) is 9.98 Å². The molecule has 1 aromatic heterocycles. The summed E-state index contributed by atoms with van der Waals surface area (Å²) in [5.74, 6) is -2.64. The van der Waals surface area contributed by atoms with Crippen molar-refractivity contribution in [2.75, 3.05) is 4.90 Å². The molecule has 1 aliphatic heterocycles. The van der Waals surface area contributed by atoms with E-state index in [1.807, 2.05) is 18.3 Å². The lowest BCUT2D eigenvalue weighted by molar-refractivity contribution is -0.0381. The molecule has 0 bridgehead atoms. The van der Waals surface area contributed by atoms with Crippen LogP contribution in [0.15, 0.2) is 53.8 Å². The summed E-state index contributed by atoms with van der Waals surface area (Å²) in [6.07, 6.45) is 7.89. The molecule has 0 radical (unpaired) electrons. The highest BCUT2D eigenvalue weighted by Gasteiger charge is 2.37. The Morgan fingerprint density at radius 1 is 1.07 bits per heavy atom. The van der Waals surface area contributed by atoms with Crippen molar-refractivity contribution in [3.8, 4) is 11.3 Å². The lowest BCUT2D eigenvalue weighted by Gasteiger charge is -2.37. The van der Waals surface area contributed by atoms with Crippen molar-refractivity contribution in [3.63, 3.8) is 0 Å². The topological polar surface area (TPSA) is 28.5 Å². The van der Waals surface area contributed by atoms with E-state index in [1.54, 1.807) is 24.5 Å². The van der Waals surface area contributed by atoms with Gasteiger partial charge in [-0.25, -0.2) is 13.2 Å². The smallest absolute Gasteiger partial charge is 0.248 e. The molecule has 1 atom stereocenters. The number of halogens is 3. The molecule has 30 heavy (non-hydrogen) atoms. The second-order valence-electron chi connectivity index (χ2n) is 8.44. The second kappa shape index (κ2) is 8.25. The first kappa shape index (κ1) is 20.6. The minimum absolute atomic E-state index is 0.0222. The molecule has 0 N–H and O–H groups in total. The number of aliphatic imine (C=N–C) groups is 1. The molecular formula is C24H26F3N3. The molecule has 3 nitrogen and oxygen atoms in total. The first-order chi connectivity index (χ1) is 14.4. The van der Waals surface area contributed by atoms with Crippen LogP contribution in [-0.4, -0.2) is 23.3 Å².